The minimum Gasteiger partial charge on any atom is -0.423 e. The number of nitrogens with one attached hydrogen (secondary N) is 1. The first-order valence-corrected chi connectivity index (χ1v) is 8.63. The van der Waals surface area contributed by atoms with Crippen LogP contribution >= 0.6 is 0 Å². The highest BCUT2D eigenvalue weighted by molar-refractivity contribution is 5.94. The van der Waals surface area contributed by atoms with Crippen molar-refractivity contribution in [1.29, 1.82) is 0 Å². The lowest BCUT2D eigenvalue weighted by Gasteiger charge is -2.18. The smallest absolute Gasteiger partial charge is 0.338 e. The Bertz CT molecular complexity index is 978. The van der Waals surface area contributed by atoms with Crippen LogP contribution in [-0.2, 0) is 0 Å². The number of hydrogen-bond donors (Lipinski definition) is 1. The lowest BCUT2D eigenvalue weighted by Crippen LogP contribution is -2.28. The van der Waals surface area contributed by atoms with Crippen LogP contribution in [0.25, 0.3) is 11.0 Å². The number of rotatable bonds is 6. The molecule has 1 aromatic heterocycles. The third-order valence-corrected chi connectivity index (χ3v) is 4.25. The first-order valence-electron chi connectivity index (χ1n) is 8.63. The number of anilines is 1. The predicted octanol–water partition coefficient (Wildman–Crippen LogP) is 3.68. The van der Waals surface area contributed by atoms with Crippen molar-refractivity contribution < 1.29 is 9.21 Å². The molecule has 0 atom stereocenters. The Balaban J connectivity index is 1.57. The van der Waals surface area contributed by atoms with E-state index in [2.05, 4.69) is 5.32 Å². The quantitative estimate of drug-likeness (QED) is 0.544. The Morgan fingerprint density at radius 3 is 2.73 bits per heavy atom. The van der Waals surface area contributed by atoms with Gasteiger partial charge in [-0.15, -0.1) is 0 Å². The van der Waals surface area contributed by atoms with E-state index in [-0.39, 0.29) is 11.5 Å². The minimum atomic E-state index is -0.377. The van der Waals surface area contributed by atoms with Gasteiger partial charge in [-0.2, -0.15) is 0 Å². The van der Waals surface area contributed by atoms with E-state index in [0.717, 1.165) is 23.1 Å². The van der Waals surface area contributed by atoms with E-state index in [1.54, 1.807) is 18.0 Å². The topological polar surface area (TPSA) is 62.6 Å². The molecule has 3 rings (SSSR count). The second kappa shape index (κ2) is 7.87. The number of aryl methyl sites for hydroxylation is 1. The van der Waals surface area contributed by atoms with Crippen LogP contribution in [0.3, 0.4) is 0 Å². The number of carbonyl (C=O) groups is 1. The average molecular weight is 350 g/mol. The van der Waals surface area contributed by atoms with Gasteiger partial charge in [-0.1, -0.05) is 29.8 Å². The molecule has 1 N–H and O–H groups in total. The van der Waals surface area contributed by atoms with Crippen molar-refractivity contribution in [2.24, 2.45) is 0 Å². The van der Waals surface area contributed by atoms with Crippen molar-refractivity contribution in [2.45, 2.75) is 13.3 Å². The Labute approximate surface area is 152 Å². The number of carbonyl (C=O) groups excluding carboxylic acids is 1. The molecule has 3 aromatic rings. The first-order chi connectivity index (χ1) is 12.5. The summed E-state index contributed by atoms with van der Waals surface area (Å²) < 4.78 is 5.19. The third-order valence-electron chi connectivity index (χ3n) is 4.25. The van der Waals surface area contributed by atoms with E-state index in [1.807, 2.05) is 49.4 Å². The molecule has 5 nitrogen and oxygen atoms in total. The zero-order valence-corrected chi connectivity index (χ0v) is 15.0. The Kier molecular flexibility index (Phi) is 5.37. The molecule has 134 valence electrons. The van der Waals surface area contributed by atoms with Gasteiger partial charge in [-0.25, -0.2) is 4.79 Å². The van der Waals surface area contributed by atoms with Crippen LogP contribution in [-0.4, -0.2) is 30.9 Å². The van der Waals surface area contributed by atoms with Gasteiger partial charge in [-0.3, -0.25) is 4.79 Å². The van der Waals surface area contributed by atoms with E-state index in [1.165, 1.54) is 6.07 Å². The number of para-hydroxylation sites is 1. The molecule has 26 heavy (non-hydrogen) atoms. The molecule has 1 amide bonds. The molecule has 0 saturated carbocycles. The summed E-state index contributed by atoms with van der Waals surface area (Å²) in [6.07, 6.45) is 0.766. The molecule has 5 heteroatoms. The Hall–Kier alpha value is -3.08. The van der Waals surface area contributed by atoms with Crippen molar-refractivity contribution in [1.82, 2.24) is 4.90 Å². The number of nitrogens with zero attached hydrogens (tertiary/aromatic N) is 1. The molecule has 0 unspecified atom stereocenters. The van der Waals surface area contributed by atoms with Crippen LogP contribution in [0.1, 0.15) is 22.3 Å². The van der Waals surface area contributed by atoms with Gasteiger partial charge in [0.1, 0.15) is 5.58 Å². The molecule has 0 radical (unpaired) electrons. The Morgan fingerprint density at radius 1 is 1.12 bits per heavy atom. The fourth-order valence-electron chi connectivity index (χ4n) is 2.90. The molecule has 1 heterocycles. The lowest BCUT2D eigenvalue weighted by atomic mass is 10.1. The minimum absolute atomic E-state index is 0.0134. The zero-order chi connectivity index (χ0) is 18.5. The van der Waals surface area contributed by atoms with Crippen molar-refractivity contribution in [3.63, 3.8) is 0 Å². The summed E-state index contributed by atoms with van der Waals surface area (Å²) >= 11 is 0. The summed E-state index contributed by atoms with van der Waals surface area (Å²) in [7, 11) is 1.80. The molecule has 0 saturated heterocycles. The van der Waals surface area contributed by atoms with E-state index < -0.39 is 0 Å². The summed E-state index contributed by atoms with van der Waals surface area (Å²) in [5.74, 6) is 0.0134. The highest BCUT2D eigenvalue weighted by Gasteiger charge is 2.11. The maximum absolute atomic E-state index is 12.4. The fourth-order valence-corrected chi connectivity index (χ4v) is 2.90. The van der Waals surface area contributed by atoms with E-state index >= 15 is 0 Å². The number of amides is 1. The predicted molar refractivity (Wildman–Crippen MR) is 104 cm³/mol. The molecule has 0 bridgehead atoms. The lowest BCUT2D eigenvalue weighted by molar-refractivity contribution is 0.0794. The molecule has 0 aliphatic heterocycles. The summed E-state index contributed by atoms with van der Waals surface area (Å²) in [5.41, 5.74) is 2.71. The van der Waals surface area contributed by atoms with Gasteiger partial charge in [0.15, 0.2) is 0 Å². The van der Waals surface area contributed by atoms with Gasteiger partial charge in [0, 0.05) is 37.2 Å². The van der Waals surface area contributed by atoms with Crippen LogP contribution in [0.5, 0.6) is 0 Å². The van der Waals surface area contributed by atoms with Crippen LogP contribution in [0.15, 0.2) is 63.8 Å². The largest absolute Gasteiger partial charge is 0.423 e. The highest BCUT2D eigenvalue weighted by atomic mass is 16.4. The maximum atomic E-state index is 12.4. The van der Waals surface area contributed by atoms with Crippen LogP contribution in [0.4, 0.5) is 5.69 Å². The molecular formula is C21H22N2O3. The van der Waals surface area contributed by atoms with Crippen LogP contribution in [0, 0.1) is 6.92 Å². The van der Waals surface area contributed by atoms with E-state index in [0.29, 0.717) is 24.2 Å². The van der Waals surface area contributed by atoms with Crippen LogP contribution < -0.4 is 10.9 Å². The third kappa shape index (κ3) is 4.11. The number of hydrogen-bond acceptors (Lipinski definition) is 4. The summed E-state index contributed by atoms with van der Waals surface area (Å²) in [4.78, 5) is 25.8. The highest BCUT2D eigenvalue weighted by Crippen LogP contribution is 2.20. The summed E-state index contributed by atoms with van der Waals surface area (Å²) in [6.45, 7) is 3.25. The zero-order valence-electron chi connectivity index (χ0n) is 15.0. The SMILES string of the molecule is Cc1cccc(C(=O)N(C)CCCNc2cc(=O)oc3ccccc23)c1. The maximum Gasteiger partial charge on any atom is 0.338 e. The fraction of sp³-hybridized carbons (Fsp3) is 0.238. The van der Waals surface area contributed by atoms with Gasteiger partial charge in [0.2, 0.25) is 0 Å². The van der Waals surface area contributed by atoms with Crippen molar-refractivity contribution >= 4 is 22.6 Å². The molecule has 0 aliphatic carbocycles. The molecular weight excluding hydrogens is 328 g/mol. The molecule has 0 spiro atoms. The van der Waals surface area contributed by atoms with Crippen molar-refractivity contribution in [2.75, 3.05) is 25.5 Å². The summed E-state index contributed by atoms with van der Waals surface area (Å²) in [6, 6.07) is 16.5. The number of benzene rings is 2. The van der Waals surface area contributed by atoms with Gasteiger partial charge < -0.3 is 14.6 Å². The monoisotopic (exact) mass is 350 g/mol. The number of fused-ring (bicyclic) bond motifs is 1. The van der Waals surface area contributed by atoms with Gasteiger partial charge >= 0.3 is 5.63 Å². The normalized spacial score (nSPS) is 10.7. The second-order valence-corrected chi connectivity index (χ2v) is 6.35. The van der Waals surface area contributed by atoms with E-state index in [4.69, 9.17) is 4.42 Å². The standard InChI is InChI=1S/C21H22N2O3/c1-15-7-5-8-16(13-15)21(25)23(2)12-6-11-22-18-14-20(24)26-19-10-4-3-9-17(18)19/h3-5,7-10,13-14,22H,6,11-12H2,1-2H3. The van der Waals surface area contributed by atoms with Gasteiger partial charge in [0.25, 0.3) is 5.91 Å². The van der Waals surface area contributed by atoms with Crippen molar-refractivity contribution in [3.8, 4) is 0 Å². The van der Waals surface area contributed by atoms with E-state index in [9.17, 15) is 9.59 Å². The van der Waals surface area contributed by atoms with Crippen molar-refractivity contribution in [3.05, 3.63) is 76.1 Å². The average Bonchev–Trinajstić information content (AvgIpc) is 2.64. The van der Waals surface area contributed by atoms with Crippen LogP contribution in [0.2, 0.25) is 0 Å². The van der Waals surface area contributed by atoms with Gasteiger partial charge in [0.05, 0.1) is 5.69 Å². The Morgan fingerprint density at radius 2 is 1.92 bits per heavy atom. The first kappa shape index (κ1) is 17.7. The molecule has 0 fully saturated rings. The molecule has 2 aromatic carbocycles. The van der Waals surface area contributed by atoms with Gasteiger partial charge in [-0.05, 0) is 37.6 Å². The molecule has 0 aliphatic rings. The second-order valence-electron chi connectivity index (χ2n) is 6.35. The summed E-state index contributed by atoms with van der Waals surface area (Å²) in [5, 5.41) is 4.15.